The van der Waals surface area contributed by atoms with Gasteiger partial charge >= 0.3 is 0 Å². The van der Waals surface area contributed by atoms with Gasteiger partial charge in [0.15, 0.2) is 0 Å². The van der Waals surface area contributed by atoms with Crippen molar-refractivity contribution in [3.05, 3.63) is 11.8 Å². The SMILES string of the molecule is CC(C)(C)c1nnc(CN(CC2CCCNC2)C2CC2)o1. The summed E-state index contributed by atoms with van der Waals surface area (Å²) in [4.78, 5) is 2.55. The molecule has 1 aliphatic carbocycles. The average Bonchev–Trinajstić information content (AvgIpc) is 3.17. The fraction of sp³-hybridized carbons (Fsp3) is 0.875. The van der Waals surface area contributed by atoms with Gasteiger partial charge in [-0.05, 0) is 44.7 Å². The van der Waals surface area contributed by atoms with Crippen molar-refractivity contribution in [1.82, 2.24) is 20.4 Å². The van der Waals surface area contributed by atoms with Crippen LogP contribution in [-0.4, -0.2) is 40.8 Å². The van der Waals surface area contributed by atoms with Crippen LogP contribution in [-0.2, 0) is 12.0 Å². The minimum Gasteiger partial charge on any atom is -0.423 e. The molecule has 2 fully saturated rings. The second-order valence-electron chi connectivity index (χ2n) is 7.62. The maximum Gasteiger partial charge on any atom is 0.230 e. The number of piperidine rings is 1. The predicted molar refractivity (Wildman–Crippen MR) is 82.0 cm³/mol. The minimum absolute atomic E-state index is 0.0665. The first-order chi connectivity index (χ1) is 10.0. The van der Waals surface area contributed by atoms with Crippen LogP contribution in [0.4, 0.5) is 0 Å². The molecule has 0 radical (unpaired) electrons. The van der Waals surface area contributed by atoms with Crippen molar-refractivity contribution in [2.45, 2.75) is 64.5 Å². The van der Waals surface area contributed by atoms with E-state index in [1.807, 2.05) is 0 Å². The van der Waals surface area contributed by atoms with E-state index in [9.17, 15) is 0 Å². The van der Waals surface area contributed by atoms with Crippen LogP contribution >= 0.6 is 0 Å². The molecule has 1 saturated heterocycles. The van der Waals surface area contributed by atoms with Crippen LogP contribution in [0.2, 0.25) is 0 Å². The van der Waals surface area contributed by atoms with Crippen molar-refractivity contribution >= 4 is 0 Å². The van der Waals surface area contributed by atoms with Gasteiger partial charge < -0.3 is 9.73 Å². The number of hydrogen-bond donors (Lipinski definition) is 1. The second kappa shape index (κ2) is 6.05. The van der Waals surface area contributed by atoms with Crippen molar-refractivity contribution in [2.24, 2.45) is 5.92 Å². The van der Waals surface area contributed by atoms with Crippen molar-refractivity contribution in [3.63, 3.8) is 0 Å². The first-order valence-corrected chi connectivity index (χ1v) is 8.30. The van der Waals surface area contributed by atoms with Gasteiger partial charge in [-0.1, -0.05) is 20.8 Å². The molecule has 1 aliphatic heterocycles. The maximum absolute atomic E-state index is 5.87. The van der Waals surface area contributed by atoms with Gasteiger partial charge in [0.1, 0.15) is 0 Å². The van der Waals surface area contributed by atoms with E-state index in [1.54, 1.807) is 0 Å². The summed E-state index contributed by atoms with van der Waals surface area (Å²) in [5.74, 6) is 2.28. The molecule has 1 unspecified atom stereocenters. The number of rotatable bonds is 5. The monoisotopic (exact) mass is 292 g/mol. The van der Waals surface area contributed by atoms with E-state index in [0.717, 1.165) is 43.4 Å². The lowest BCUT2D eigenvalue weighted by Gasteiger charge is -2.29. The van der Waals surface area contributed by atoms with Gasteiger partial charge in [-0.15, -0.1) is 10.2 Å². The molecule has 5 nitrogen and oxygen atoms in total. The summed E-state index contributed by atoms with van der Waals surface area (Å²) in [6.45, 7) is 10.6. The zero-order valence-electron chi connectivity index (χ0n) is 13.6. The second-order valence-corrected chi connectivity index (χ2v) is 7.62. The molecule has 2 aliphatic rings. The molecule has 2 heterocycles. The van der Waals surface area contributed by atoms with Crippen molar-refractivity contribution in [1.29, 1.82) is 0 Å². The Hall–Kier alpha value is -0.940. The average molecular weight is 292 g/mol. The molecule has 1 aromatic heterocycles. The molecular formula is C16H28N4O. The number of nitrogens with zero attached hydrogens (tertiary/aromatic N) is 3. The van der Waals surface area contributed by atoms with Crippen LogP contribution in [0.5, 0.6) is 0 Å². The smallest absolute Gasteiger partial charge is 0.230 e. The predicted octanol–water partition coefficient (Wildman–Crippen LogP) is 2.33. The van der Waals surface area contributed by atoms with E-state index in [-0.39, 0.29) is 5.41 Å². The summed E-state index contributed by atoms with van der Waals surface area (Å²) in [7, 11) is 0. The van der Waals surface area contributed by atoms with Gasteiger partial charge in [-0.2, -0.15) is 0 Å². The summed E-state index contributed by atoms with van der Waals surface area (Å²) in [5.41, 5.74) is -0.0665. The maximum atomic E-state index is 5.87. The molecule has 1 aromatic rings. The molecule has 5 heteroatoms. The van der Waals surface area contributed by atoms with Crippen LogP contribution in [0, 0.1) is 5.92 Å². The molecule has 1 atom stereocenters. The lowest BCUT2D eigenvalue weighted by atomic mass is 9.97. The van der Waals surface area contributed by atoms with Gasteiger partial charge in [0.25, 0.3) is 0 Å². The van der Waals surface area contributed by atoms with Gasteiger partial charge in [0.2, 0.25) is 11.8 Å². The normalized spacial score (nSPS) is 23.7. The van der Waals surface area contributed by atoms with Crippen LogP contribution in [0.3, 0.4) is 0 Å². The summed E-state index contributed by atoms with van der Waals surface area (Å²) in [5, 5.41) is 12.0. The standard InChI is InChI=1S/C16H28N4O/c1-16(2,3)15-19-18-14(21-15)11-20(13-6-7-13)10-12-5-4-8-17-9-12/h12-13,17H,4-11H2,1-3H3. The molecule has 3 rings (SSSR count). The summed E-state index contributed by atoms with van der Waals surface area (Å²) in [6.07, 6.45) is 5.28. The third-order valence-electron chi connectivity index (χ3n) is 4.40. The lowest BCUT2D eigenvalue weighted by Crippen LogP contribution is -2.39. The Bertz CT molecular complexity index is 455. The molecule has 1 saturated carbocycles. The molecule has 118 valence electrons. The van der Waals surface area contributed by atoms with Gasteiger partial charge in [-0.3, -0.25) is 4.90 Å². The van der Waals surface area contributed by atoms with E-state index in [1.165, 1.54) is 32.2 Å². The lowest BCUT2D eigenvalue weighted by molar-refractivity contribution is 0.175. The van der Waals surface area contributed by atoms with E-state index in [2.05, 4.69) is 41.2 Å². The van der Waals surface area contributed by atoms with E-state index in [0.29, 0.717) is 0 Å². The highest BCUT2D eigenvalue weighted by atomic mass is 16.4. The first kappa shape index (κ1) is 15.0. The van der Waals surface area contributed by atoms with Crippen molar-refractivity contribution in [2.75, 3.05) is 19.6 Å². The van der Waals surface area contributed by atoms with Crippen LogP contribution in [0.15, 0.2) is 4.42 Å². The van der Waals surface area contributed by atoms with E-state index in [4.69, 9.17) is 4.42 Å². The van der Waals surface area contributed by atoms with Crippen LogP contribution in [0.1, 0.15) is 58.2 Å². The highest BCUT2D eigenvalue weighted by molar-refractivity contribution is 4.97. The van der Waals surface area contributed by atoms with Gasteiger partial charge in [-0.25, -0.2) is 0 Å². The summed E-state index contributed by atoms with van der Waals surface area (Å²) < 4.78 is 5.87. The molecule has 0 spiro atoms. The summed E-state index contributed by atoms with van der Waals surface area (Å²) in [6, 6.07) is 0.733. The Morgan fingerprint density at radius 3 is 2.62 bits per heavy atom. The summed E-state index contributed by atoms with van der Waals surface area (Å²) >= 11 is 0. The molecule has 0 aromatic carbocycles. The highest BCUT2D eigenvalue weighted by Gasteiger charge is 2.32. The molecular weight excluding hydrogens is 264 g/mol. The van der Waals surface area contributed by atoms with Crippen LogP contribution in [0.25, 0.3) is 0 Å². The quantitative estimate of drug-likeness (QED) is 0.902. The Morgan fingerprint density at radius 1 is 1.24 bits per heavy atom. The van der Waals surface area contributed by atoms with Crippen LogP contribution < -0.4 is 5.32 Å². The topological polar surface area (TPSA) is 54.2 Å². The van der Waals surface area contributed by atoms with Crippen molar-refractivity contribution < 1.29 is 4.42 Å². The Balaban J connectivity index is 1.61. The third kappa shape index (κ3) is 4.04. The van der Waals surface area contributed by atoms with E-state index < -0.39 is 0 Å². The number of hydrogen-bond acceptors (Lipinski definition) is 5. The number of nitrogens with one attached hydrogen (secondary N) is 1. The molecule has 0 amide bonds. The van der Waals surface area contributed by atoms with E-state index >= 15 is 0 Å². The number of aromatic nitrogens is 2. The Morgan fingerprint density at radius 2 is 2.05 bits per heavy atom. The Labute approximate surface area is 127 Å². The van der Waals surface area contributed by atoms with Crippen molar-refractivity contribution in [3.8, 4) is 0 Å². The fourth-order valence-corrected chi connectivity index (χ4v) is 2.99. The zero-order valence-corrected chi connectivity index (χ0v) is 13.6. The molecule has 21 heavy (non-hydrogen) atoms. The third-order valence-corrected chi connectivity index (χ3v) is 4.40. The first-order valence-electron chi connectivity index (χ1n) is 8.30. The van der Waals surface area contributed by atoms with Gasteiger partial charge in [0, 0.05) is 18.0 Å². The Kier molecular flexibility index (Phi) is 4.31. The molecule has 1 N–H and O–H groups in total. The minimum atomic E-state index is -0.0665. The largest absolute Gasteiger partial charge is 0.423 e. The zero-order chi connectivity index (χ0) is 14.9. The van der Waals surface area contributed by atoms with Gasteiger partial charge in [0.05, 0.1) is 6.54 Å². The molecule has 0 bridgehead atoms. The highest BCUT2D eigenvalue weighted by Crippen LogP contribution is 2.30. The fourth-order valence-electron chi connectivity index (χ4n) is 2.99.